The van der Waals surface area contributed by atoms with Gasteiger partial charge >= 0.3 is 6.03 Å². The zero-order valence-corrected chi connectivity index (χ0v) is 14.2. The van der Waals surface area contributed by atoms with Crippen molar-refractivity contribution in [2.45, 2.75) is 26.4 Å². The minimum atomic E-state index is -0.193. The van der Waals surface area contributed by atoms with Crippen LogP contribution in [0.25, 0.3) is 0 Å². The van der Waals surface area contributed by atoms with Gasteiger partial charge in [0.25, 0.3) is 0 Å². The summed E-state index contributed by atoms with van der Waals surface area (Å²) >= 11 is 0. The van der Waals surface area contributed by atoms with Gasteiger partial charge < -0.3 is 20.1 Å². The van der Waals surface area contributed by atoms with Crippen LogP contribution in [0.3, 0.4) is 0 Å². The molecule has 1 heterocycles. The van der Waals surface area contributed by atoms with Gasteiger partial charge in [0.05, 0.1) is 19.8 Å². The number of morpholine rings is 1. The van der Waals surface area contributed by atoms with E-state index in [-0.39, 0.29) is 12.1 Å². The second kappa shape index (κ2) is 8.74. The number of likely N-dealkylation sites (N-methyl/N-ethyl adjacent to an activating group) is 1. The number of nitrogens with one attached hydrogen (secondary N) is 2. The first-order valence-electron chi connectivity index (χ1n) is 8.15. The molecular formula is C17H27N3O3. The van der Waals surface area contributed by atoms with Crippen molar-refractivity contribution in [1.82, 2.24) is 10.2 Å². The van der Waals surface area contributed by atoms with E-state index in [1.807, 2.05) is 25.1 Å². The fourth-order valence-corrected chi connectivity index (χ4v) is 2.66. The second-order valence-electron chi connectivity index (χ2n) is 5.74. The Labute approximate surface area is 138 Å². The van der Waals surface area contributed by atoms with E-state index in [9.17, 15) is 4.79 Å². The van der Waals surface area contributed by atoms with Crippen LogP contribution in [0.1, 0.15) is 18.9 Å². The molecule has 128 valence electrons. The van der Waals surface area contributed by atoms with E-state index in [1.54, 1.807) is 7.11 Å². The molecule has 0 spiro atoms. The molecule has 1 aliphatic heterocycles. The van der Waals surface area contributed by atoms with Crippen LogP contribution in [0.2, 0.25) is 0 Å². The van der Waals surface area contributed by atoms with E-state index in [4.69, 9.17) is 9.47 Å². The lowest BCUT2D eigenvalue weighted by Gasteiger charge is -2.32. The van der Waals surface area contributed by atoms with E-state index in [2.05, 4.69) is 22.5 Å². The Morgan fingerprint density at radius 2 is 2.30 bits per heavy atom. The summed E-state index contributed by atoms with van der Waals surface area (Å²) in [5.74, 6) is 0.781. The molecule has 0 saturated carbocycles. The number of aryl methyl sites for hydroxylation is 1. The number of urea groups is 1. The predicted molar refractivity (Wildman–Crippen MR) is 91.2 cm³/mol. The summed E-state index contributed by atoms with van der Waals surface area (Å²) in [6.45, 7) is 8.46. The Hall–Kier alpha value is -1.79. The Morgan fingerprint density at radius 1 is 1.48 bits per heavy atom. The van der Waals surface area contributed by atoms with Gasteiger partial charge in [0, 0.05) is 25.3 Å². The maximum atomic E-state index is 12.0. The molecule has 6 heteroatoms. The molecule has 0 bridgehead atoms. The highest BCUT2D eigenvalue weighted by molar-refractivity contribution is 5.90. The monoisotopic (exact) mass is 321 g/mol. The highest BCUT2D eigenvalue weighted by Crippen LogP contribution is 2.20. The molecule has 1 saturated heterocycles. The quantitative estimate of drug-likeness (QED) is 0.843. The minimum absolute atomic E-state index is 0.193. The molecular weight excluding hydrogens is 294 g/mol. The summed E-state index contributed by atoms with van der Waals surface area (Å²) in [7, 11) is 1.63. The van der Waals surface area contributed by atoms with Crippen molar-refractivity contribution in [3.8, 4) is 5.75 Å². The standard InChI is InChI=1S/C17H27N3O3/c1-4-20-9-10-23-15(12-20)7-8-18-17(21)19-16-6-5-14(22-3)11-13(16)2/h5-6,11,15H,4,7-10,12H2,1-3H3,(H2,18,19,21)/t15-/m0/s1. The van der Waals surface area contributed by atoms with Crippen LogP contribution in [0.4, 0.5) is 10.5 Å². The second-order valence-corrected chi connectivity index (χ2v) is 5.74. The van der Waals surface area contributed by atoms with Crippen LogP contribution in [0, 0.1) is 6.92 Å². The Balaban J connectivity index is 1.73. The van der Waals surface area contributed by atoms with Gasteiger partial charge in [-0.3, -0.25) is 4.90 Å². The molecule has 0 radical (unpaired) electrons. The number of carbonyl (C=O) groups excluding carboxylic acids is 1. The molecule has 0 unspecified atom stereocenters. The number of methoxy groups -OCH3 is 1. The molecule has 2 N–H and O–H groups in total. The number of carbonyl (C=O) groups is 1. The zero-order valence-electron chi connectivity index (χ0n) is 14.2. The smallest absolute Gasteiger partial charge is 0.319 e. The zero-order chi connectivity index (χ0) is 16.7. The average Bonchev–Trinajstić information content (AvgIpc) is 2.57. The SMILES string of the molecule is CCN1CCO[C@@H](CCNC(=O)Nc2ccc(OC)cc2C)C1. The Morgan fingerprint density at radius 3 is 3.00 bits per heavy atom. The van der Waals surface area contributed by atoms with E-state index >= 15 is 0 Å². The van der Waals surface area contributed by atoms with Crippen LogP contribution >= 0.6 is 0 Å². The van der Waals surface area contributed by atoms with Gasteiger partial charge in [-0.2, -0.15) is 0 Å². The lowest BCUT2D eigenvalue weighted by Crippen LogP contribution is -2.43. The van der Waals surface area contributed by atoms with Crippen molar-refractivity contribution < 1.29 is 14.3 Å². The maximum Gasteiger partial charge on any atom is 0.319 e. The number of nitrogens with zero attached hydrogens (tertiary/aromatic N) is 1. The highest BCUT2D eigenvalue weighted by atomic mass is 16.5. The molecule has 1 aromatic carbocycles. The number of benzene rings is 1. The normalized spacial score (nSPS) is 18.5. The average molecular weight is 321 g/mol. The molecule has 6 nitrogen and oxygen atoms in total. The molecule has 1 fully saturated rings. The van der Waals surface area contributed by atoms with Crippen LogP contribution in [-0.4, -0.2) is 56.9 Å². The van der Waals surface area contributed by atoms with Gasteiger partial charge in [0.15, 0.2) is 0 Å². The third-order valence-corrected chi connectivity index (χ3v) is 4.10. The number of amides is 2. The van der Waals surface area contributed by atoms with Gasteiger partial charge in [0.2, 0.25) is 0 Å². The first-order chi connectivity index (χ1) is 11.1. The van der Waals surface area contributed by atoms with Crippen molar-refractivity contribution in [3.05, 3.63) is 23.8 Å². The van der Waals surface area contributed by atoms with E-state index < -0.39 is 0 Å². The van der Waals surface area contributed by atoms with Crippen LogP contribution in [0.15, 0.2) is 18.2 Å². The largest absolute Gasteiger partial charge is 0.497 e. The number of hydrogen-bond donors (Lipinski definition) is 2. The van der Waals surface area contributed by atoms with Gasteiger partial charge in [-0.25, -0.2) is 4.79 Å². The van der Waals surface area contributed by atoms with E-state index in [0.717, 1.165) is 49.7 Å². The van der Waals surface area contributed by atoms with Gasteiger partial charge in [-0.15, -0.1) is 0 Å². The number of ether oxygens (including phenoxy) is 2. The lowest BCUT2D eigenvalue weighted by molar-refractivity contribution is -0.0294. The third-order valence-electron chi connectivity index (χ3n) is 4.10. The van der Waals surface area contributed by atoms with Crippen molar-refractivity contribution in [1.29, 1.82) is 0 Å². The van der Waals surface area contributed by atoms with Crippen LogP contribution in [0.5, 0.6) is 5.75 Å². The highest BCUT2D eigenvalue weighted by Gasteiger charge is 2.18. The van der Waals surface area contributed by atoms with Crippen molar-refractivity contribution in [2.24, 2.45) is 0 Å². The lowest BCUT2D eigenvalue weighted by atomic mass is 10.2. The molecule has 1 aromatic rings. The molecule has 1 atom stereocenters. The first kappa shape index (κ1) is 17.6. The topological polar surface area (TPSA) is 62.8 Å². The Kier molecular flexibility index (Phi) is 6.67. The molecule has 2 amide bonds. The maximum absolute atomic E-state index is 12.0. The fourth-order valence-electron chi connectivity index (χ4n) is 2.66. The molecule has 0 aromatic heterocycles. The van der Waals surface area contributed by atoms with Crippen LogP contribution in [-0.2, 0) is 4.74 Å². The van der Waals surface area contributed by atoms with E-state index in [0.29, 0.717) is 6.54 Å². The van der Waals surface area contributed by atoms with Gasteiger partial charge in [-0.1, -0.05) is 6.92 Å². The van der Waals surface area contributed by atoms with Gasteiger partial charge in [0.1, 0.15) is 5.75 Å². The predicted octanol–water partition coefficient (Wildman–Crippen LogP) is 2.24. The summed E-state index contributed by atoms with van der Waals surface area (Å²) in [4.78, 5) is 14.3. The Bertz CT molecular complexity index is 522. The summed E-state index contributed by atoms with van der Waals surface area (Å²) in [6, 6.07) is 5.38. The number of hydrogen-bond acceptors (Lipinski definition) is 4. The van der Waals surface area contributed by atoms with Crippen molar-refractivity contribution >= 4 is 11.7 Å². The summed E-state index contributed by atoms with van der Waals surface area (Å²) < 4.78 is 10.9. The van der Waals surface area contributed by atoms with E-state index in [1.165, 1.54) is 0 Å². The van der Waals surface area contributed by atoms with Crippen molar-refractivity contribution in [3.63, 3.8) is 0 Å². The third kappa shape index (κ3) is 5.41. The number of anilines is 1. The molecule has 0 aliphatic carbocycles. The minimum Gasteiger partial charge on any atom is -0.497 e. The van der Waals surface area contributed by atoms with Crippen molar-refractivity contribution in [2.75, 3.05) is 45.2 Å². The summed E-state index contributed by atoms with van der Waals surface area (Å²) in [6.07, 6.45) is 1.03. The molecule has 1 aliphatic rings. The summed E-state index contributed by atoms with van der Waals surface area (Å²) in [5, 5.41) is 5.75. The summed E-state index contributed by atoms with van der Waals surface area (Å²) in [5.41, 5.74) is 1.75. The number of rotatable bonds is 6. The van der Waals surface area contributed by atoms with Crippen LogP contribution < -0.4 is 15.4 Å². The van der Waals surface area contributed by atoms with Gasteiger partial charge in [-0.05, 0) is 43.7 Å². The molecule has 2 rings (SSSR count). The first-order valence-corrected chi connectivity index (χ1v) is 8.15. The molecule has 23 heavy (non-hydrogen) atoms. The fraction of sp³-hybridized carbons (Fsp3) is 0.588.